The molecule has 1 aliphatic carbocycles. The van der Waals surface area contributed by atoms with Crippen LogP contribution in [0, 0.1) is 5.92 Å². The second kappa shape index (κ2) is 16.1. The first-order valence-corrected chi connectivity index (χ1v) is 18.6. The Bertz CT molecular complexity index is 1920. The molecule has 0 saturated carbocycles. The van der Waals surface area contributed by atoms with Crippen LogP contribution in [-0.2, 0) is 24.7 Å². The highest BCUT2D eigenvalue weighted by Gasteiger charge is 2.41. The van der Waals surface area contributed by atoms with Crippen molar-refractivity contribution < 1.29 is 28.5 Å². The van der Waals surface area contributed by atoms with Gasteiger partial charge in [0.1, 0.15) is 23.7 Å². The summed E-state index contributed by atoms with van der Waals surface area (Å²) < 4.78 is 24.1. The van der Waals surface area contributed by atoms with E-state index in [9.17, 15) is 9.59 Å². The van der Waals surface area contributed by atoms with Crippen LogP contribution in [0.2, 0.25) is 0 Å². The summed E-state index contributed by atoms with van der Waals surface area (Å²) in [6.07, 6.45) is 2.26. The number of rotatable bonds is 14. The molecule has 53 heavy (non-hydrogen) atoms. The molecule has 5 aromatic carbocycles. The molecule has 1 fully saturated rings. The normalized spacial score (nSPS) is 15.8. The maximum atomic E-state index is 14.2. The van der Waals surface area contributed by atoms with Gasteiger partial charge in [0.25, 0.3) is 0 Å². The number of methoxy groups -OCH3 is 2. The maximum absolute atomic E-state index is 14.2. The molecule has 0 unspecified atom stereocenters. The van der Waals surface area contributed by atoms with Gasteiger partial charge in [0.05, 0.1) is 33.3 Å². The fraction of sp³-hybridized carbons (Fsp3) is 0.304. The average Bonchev–Trinajstić information content (AvgIpc) is 3.82. The van der Waals surface area contributed by atoms with E-state index >= 15 is 0 Å². The second-order valence-electron chi connectivity index (χ2n) is 13.9. The Labute approximate surface area is 312 Å². The first-order valence-electron chi connectivity index (χ1n) is 18.6. The van der Waals surface area contributed by atoms with Crippen molar-refractivity contribution in [3.05, 3.63) is 155 Å². The van der Waals surface area contributed by atoms with Crippen LogP contribution in [-0.4, -0.2) is 56.8 Å². The molecule has 272 valence electrons. The van der Waals surface area contributed by atoms with Crippen molar-refractivity contribution in [3.63, 3.8) is 0 Å². The van der Waals surface area contributed by atoms with Crippen LogP contribution >= 0.6 is 0 Å². The Morgan fingerprint density at radius 3 is 1.77 bits per heavy atom. The Kier molecular flexibility index (Phi) is 10.9. The van der Waals surface area contributed by atoms with Crippen molar-refractivity contribution in [2.75, 3.05) is 34.0 Å². The molecule has 0 radical (unpaired) electrons. The van der Waals surface area contributed by atoms with Gasteiger partial charge in [0.15, 0.2) is 0 Å². The summed E-state index contributed by atoms with van der Waals surface area (Å²) in [6.45, 7) is 3.14. The molecule has 1 aliphatic heterocycles. The Morgan fingerprint density at radius 2 is 1.23 bits per heavy atom. The Hall–Kier alpha value is -5.40. The molecule has 2 atom stereocenters. The highest BCUT2D eigenvalue weighted by atomic mass is 16.5. The van der Waals surface area contributed by atoms with Gasteiger partial charge in [0, 0.05) is 18.4 Å². The van der Waals surface area contributed by atoms with E-state index < -0.39 is 11.5 Å². The van der Waals surface area contributed by atoms with Crippen LogP contribution in [0.3, 0.4) is 0 Å². The number of ether oxygens (including phenoxy) is 4. The number of carbonyl (C=O) groups is 2. The molecule has 7 nitrogen and oxygen atoms in total. The van der Waals surface area contributed by atoms with E-state index in [1.165, 1.54) is 22.3 Å². The predicted octanol–water partition coefficient (Wildman–Crippen LogP) is 8.78. The van der Waals surface area contributed by atoms with Crippen molar-refractivity contribution >= 4 is 11.9 Å². The summed E-state index contributed by atoms with van der Waals surface area (Å²) in [5.41, 5.74) is 6.56. The number of likely N-dealkylation sites (tertiary alicyclic amines) is 1. The van der Waals surface area contributed by atoms with Gasteiger partial charge in [0.2, 0.25) is 5.91 Å². The standard InChI is InChI=1S/C46H47NO6/c1-4-32(29-44(48)52-31-43-41-18-10-8-16-39(41)40-17-9-11-19-42(40)43)45(49)47-28-12-15-36(47)30-53-46(33-13-6-5-7-14-33,34-20-24-37(50-2)25-21-34)35-22-26-38(51-3)27-23-35/h5-11,13-14,16-27,32,36,43H,4,12,15,28-31H2,1-3H3/t32-,36+/m1/s1. The minimum absolute atomic E-state index is 0.0219. The zero-order valence-corrected chi connectivity index (χ0v) is 30.7. The molecule has 1 heterocycles. The van der Waals surface area contributed by atoms with Gasteiger partial charge in [-0.3, -0.25) is 9.59 Å². The molecule has 1 amide bonds. The second-order valence-corrected chi connectivity index (χ2v) is 13.9. The van der Waals surface area contributed by atoms with Gasteiger partial charge in [-0.2, -0.15) is 0 Å². The minimum Gasteiger partial charge on any atom is -0.497 e. The lowest BCUT2D eigenvalue weighted by atomic mass is 9.80. The van der Waals surface area contributed by atoms with Gasteiger partial charge in [-0.15, -0.1) is 0 Å². The van der Waals surface area contributed by atoms with Gasteiger partial charge in [-0.1, -0.05) is 110 Å². The lowest BCUT2D eigenvalue weighted by Crippen LogP contribution is -2.44. The number of nitrogens with zero attached hydrogens (tertiary/aromatic N) is 1. The summed E-state index contributed by atoms with van der Waals surface area (Å²) in [5.74, 6) is 0.629. The number of esters is 1. The first kappa shape index (κ1) is 36.0. The van der Waals surface area contributed by atoms with Crippen LogP contribution in [0.1, 0.15) is 66.3 Å². The fourth-order valence-electron chi connectivity index (χ4n) is 8.11. The molecule has 1 saturated heterocycles. The third kappa shape index (κ3) is 7.18. The minimum atomic E-state index is -0.984. The third-order valence-corrected chi connectivity index (χ3v) is 11.0. The molecular formula is C46H47NO6. The summed E-state index contributed by atoms with van der Waals surface area (Å²) in [5, 5.41) is 0. The van der Waals surface area contributed by atoms with Gasteiger partial charge >= 0.3 is 5.97 Å². The molecule has 0 bridgehead atoms. The summed E-state index contributed by atoms with van der Waals surface area (Å²) in [7, 11) is 3.31. The van der Waals surface area contributed by atoms with Crippen LogP contribution in [0.25, 0.3) is 11.1 Å². The molecule has 0 spiro atoms. The Morgan fingerprint density at radius 1 is 0.698 bits per heavy atom. The molecule has 5 aromatic rings. The summed E-state index contributed by atoms with van der Waals surface area (Å²) in [4.78, 5) is 29.5. The lowest BCUT2D eigenvalue weighted by Gasteiger charge is -2.38. The van der Waals surface area contributed by atoms with Crippen LogP contribution in [0.15, 0.2) is 127 Å². The van der Waals surface area contributed by atoms with Crippen molar-refractivity contribution in [3.8, 4) is 22.6 Å². The lowest BCUT2D eigenvalue weighted by molar-refractivity contribution is -0.150. The maximum Gasteiger partial charge on any atom is 0.306 e. The summed E-state index contributed by atoms with van der Waals surface area (Å²) in [6, 6.07) is 42.5. The molecule has 7 rings (SSSR count). The van der Waals surface area contributed by atoms with Crippen LogP contribution in [0.4, 0.5) is 0 Å². The largest absolute Gasteiger partial charge is 0.497 e. The fourth-order valence-corrected chi connectivity index (χ4v) is 8.11. The van der Waals surface area contributed by atoms with Crippen molar-refractivity contribution in [1.82, 2.24) is 4.90 Å². The van der Waals surface area contributed by atoms with Crippen molar-refractivity contribution in [1.29, 1.82) is 0 Å². The molecule has 0 aromatic heterocycles. The number of fused-ring (bicyclic) bond motifs is 3. The molecule has 7 heteroatoms. The van der Waals surface area contributed by atoms with E-state index in [0.29, 0.717) is 19.6 Å². The van der Waals surface area contributed by atoms with E-state index in [1.54, 1.807) is 14.2 Å². The van der Waals surface area contributed by atoms with E-state index in [0.717, 1.165) is 41.0 Å². The smallest absolute Gasteiger partial charge is 0.306 e. The van der Waals surface area contributed by atoms with Crippen LogP contribution in [0.5, 0.6) is 11.5 Å². The predicted molar refractivity (Wildman–Crippen MR) is 206 cm³/mol. The topological polar surface area (TPSA) is 74.3 Å². The van der Waals surface area contributed by atoms with E-state index in [-0.39, 0.29) is 36.9 Å². The highest BCUT2D eigenvalue weighted by molar-refractivity contribution is 5.84. The van der Waals surface area contributed by atoms with Crippen LogP contribution < -0.4 is 9.47 Å². The molecular weight excluding hydrogens is 663 g/mol. The highest BCUT2D eigenvalue weighted by Crippen LogP contribution is 2.45. The van der Waals surface area contributed by atoms with Gasteiger partial charge in [-0.25, -0.2) is 0 Å². The number of hydrogen-bond acceptors (Lipinski definition) is 6. The van der Waals surface area contributed by atoms with E-state index in [2.05, 4.69) is 36.4 Å². The summed E-state index contributed by atoms with van der Waals surface area (Å²) >= 11 is 0. The number of amides is 1. The molecule has 0 N–H and O–H groups in total. The number of hydrogen-bond donors (Lipinski definition) is 0. The monoisotopic (exact) mass is 709 g/mol. The first-order chi connectivity index (χ1) is 26.0. The SMILES string of the molecule is CC[C@H](CC(=O)OCC1c2ccccc2-c2ccccc21)C(=O)N1CCC[C@H]1COC(c1ccccc1)(c1ccc(OC)cc1)c1ccc(OC)cc1. The van der Waals surface area contributed by atoms with E-state index in [1.807, 2.05) is 103 Å². The van der Waals surface area contributed by atoms with Crippen molar-refractivity contribution in [2.45, 2.75) is 50.2 Å². The average molecular weight is 710 g/mol. The quantitative estimate of drug-likeness (QED) is 0.0848. The zero-order chi connectivity index (χ0) is 36.8. The third-order valence-electron chi connectivity index (χ3n) is 11.0. The van der Waals surface area contributed by atoms with Crippen molar-refractivity contribution in [2.24, 2.45) is 5.92 Å². The van der Waals surface area contributed by atoms with Gasteiger partial charge in [-0.05, 0) is 82.5 Å². The number of carbonyl (C=O) groups excluding carboxylic acids is 2. The molecule has 2 aliphatic rings. The van der Waals surface area contributed by atoms with E-state index in [4.69, 9.17) is 18.9 Å². The Balaban J connectivity index is 1.09. The number of benzene rings is 5. The van der Waals surface area contributed by atoms with Gasteiger partial charge < -0.3 is 23.8 Å². The zero-order valence-electron chi connectivity index (χ0n) is 30.7.